The molecule has 0 unspecified atom stereocenters. The third-order valence-electron chi connectivity index (χ3n) is 2.02. The highest BCUT2D eigenvalue weighted by molar-refractivity contribution is 5.88. The Morgan fingerprint density at radius 1 is 1.62 bits per heavy atom. The largest absolute Gasteiger partial charge is 0.478 e. The second-order valence-electron chi connectivity index (χ2n) is 3.13. The van der Waals surface area contributed by atoms with Crippen molar-refractivity contribution in [1.29, 1.82) is 0 Å². The number of aromatic carboxylic acids is 1. The van der Waals surface area contributed by atoms with E-state index in [1.54, 1.807) is 7.11 Å². The lowest BCUT2D eigenvalue weighted by Gasteiger charge is -2.07. The van der Waals surface area contributed by atoms with Crippen LogP contribution in [0.1, 0.15) is 23.0 Å². The molecule has 0 spiro atoms. The zero-order valence-electron chi connectivity index (χ0n) is 9.36. The fraction of sp³-hybridized carbons (Fsp3) is 0.500. The Morgan fingerprint density at radius 3 is 2.94 bits per heavy atom. The van der Waals surface area contributed by atoms with E-state index in [1.165, 1.54) is 6.20 Å². The Bertz CT molecular complexity index is 368. The van der Waals surface area contributed by atoms with Crippen molar-refractivity contribution in [3.05, 3.63) is 17.5 Å². The summed E-state index contributed by atoms with van der Waals surface area (Å²) in [6, 6.07) is 0. The first-order chi connectivity index (χ1) is 7.69. The van der Waals surface area contributed by atoms with Crippen LogP contribution >= 0.6 is 0 Å². The molecule has 1 rings (SSSR count). The summed E-state index contributed by atoms with van der Waals surface area (Å²) in [6.45, 7) is 2.99. The molecule has 0 saturated carbocycles. The maximum atomic E-state index is 10.8. The van der Waals surface area contributed by atoms with Crippen LogP contribution in [0.5, 0.6) is 0 Å². The Morgan fingerprint density at radius 2 is 2.38 bits per heavy atom. The summed E-state index contributed by atoms with van der Waals surface area (Å²) >= 11 is 0. The fourth-order valence-electron chi connectivity index (χ4n) is 1.22. The summed E-state index contributed by atoms with van der Waals surface area (Å²) in [5.41, 5.74) is 0.683. The number of anilines is 1. The standard InChI is InChI=1S/C10H15N3O3/c1-3-8-7(9(14)15)6-12-10(13-8)11-4-5-16-2/h6H,3-5H2,1-2H3,(H,14,15)(H,11,12,13). The van der Waals surface area contributed by atoms with E-state index in [9.17, 15) is 4.79 Å². The molecule has 0 fully saturated rings. The monoisotopic (exact) mass is 225 g/mol. The molecule has 0 atom stereocenters. The molecule has 0 aromatic carbocycles. The molecule has 1 aromatic rings. The van der Waals surface area contributed by atoms with Crippen LogP contribution in [-0.4, -0.2) is 41.3 Å². The minimum Gasteiger partial charge on any atom is -0.478 e. The SMILES string of the molecule is CCc1nc(NCCOC)ncc1C(=O)O. The van der Waals surface area contributed by atoms with E-state index in [-0.39, 0.29) is 5.56 Å². The molecule has 1 heterocycles. The Balaban J connectivity index is 2.78. The number of aromatic nitrogens is 2. The van der Waals surface area contributed by atoms with Crippen LogP contribution < -0.4 is 5.32 Å². The first-order valence-corrected chi connectivity index (χ1v) is 5.01. The van der Waals surface area contributed by atoms with Crippen molar-refractivity contribution in [2.24, 2.45) is 0 Å². The van der Waals surface area contributed by atoms with Gasteiger partial charge in [0, 0.05) is 19.9 Å². The minimum absolute atomic E-state index is 0.153. The second kappa shape index (κ2) is 6.02. The zero-order chi connectivity index (χ0) is 12.0. The minimum atomic E-state index is -1.000. The maximum Gasteiger partial charge on any atom is 0.339 e. The van der Waals surface area contributed by atoms with Crippen LogP contribution in [0.2, 0.25) is 0 Å². The average Bonchev–Trinajstić information content (AvgIpc) is 2.29. The van der Waals surface area contributed by atoms with E-state index in [1.807, 2.05) is 6.92 Å². The predicted molar refractivity (Wildman–Crippen MR) is 58.7 cm³/mol. The molecule has 2 N–H and O–H groups in total. The van der Waals surface area contributed by atoms with Crippen molar-refractivity contribution in [3.63, 3.8) is 0 Å². The van der Waals surface area contributed by atoms with Crippen molar-refractivity contribution >= 4 is 11.9 Å². The lowest BCUT2D eigenvalue weighted by molar-refractivity contribution is 0.0694. The summed E-state index contributed by atoms with van der Waals surface area (Å²) in [5.74, 6) is -0.570. The predicted octanol–water partition coefficient (Wildman–Crippen LogP) is 0.795. The number of rotatable bonds is 6. The first-order valence-electron chi connectivity index (χ1n) is 5.01. The molecular formula is C10H15N3O3. The molecule has 6 heteroatoms. The normalized spacial score (nSPS) is 10.1. The molecule has 0 aliphatic carbocycles. The molecule has 0 aliphatic rings. The van der Waals surface area contributed by atoms with Crippen molar-refractivity contribution in [2.75, 3.05) is 25.6 Å². The molecule has 0 amide bonds. The van der Waals surface area contributed by atoms with Gasteiger partial charge in [0.15, 0.2) is 0 Å². The number of nitrogens with zero attached hydrogens (tertiary/aromatic N) is 2. The topological polar surface area (TPSA) is 84.3 Å². The number of aryl methyl sites for hydroxylation is 1. The highest BCUT2D eigenvalue weighted by Gasteiger charge is 2.11. The van der Waals surface area contributed by atoms with Crippen molar-refractivity contribution in [3.8, 4) is 0 Å². The molecule has 1 aromatic heterocycles. The number of carboxylic acid groups (broad SMARTS) is 1. The van der Waals surface area contributed by atoms with E-state index in [0.29, 0.717) is 31.2 Å². The number of methoxy groups -OCH3 is 1. The first kappa shape index (κ1) is 12.4. The Kier molecular flexibility index (Phi) is 4.65. The van der Waals surface area contributed by atoms with Crippen LogP contribution in [0, 0.1) is 0 Å². The van der Waals surface area contributed by atoms with Gasteiger partial charge in [-0.15, -0.1) is 0 Å². The lowest BCUT2D eigenvalue weighted by Crippen LogP contribution is -2.13. The van der Waals surface area contributed by atoms with Gasteiger partial charge in [0.05, 0.1) is 17.9 Å². The third kappa shape index (κ3) is 3.16. The number of carbonyl (C=O) groups is 1. The zero-order valence-corrected chi connectivity index (χ0v) is 9.36. The van der Waals surface area contributed by atoms with Crippen molar-refractivity contribution < 1.29 is 14.6 Å². The highest BCUT2D eigenvalue weighted by Crippen LogP contribution is 2.08. The lowest BCUT2D eigenvalue weighted by atomic mass is 10.2. The van der Waals surface area contributed by atoms with Crippen LogP contribution in [0.25, 0.3) is 0 Å². The van der Waals surface area contributed by atoms with Crippen molar-refractivity contribution in [1.82, 2.24) is 9.97 Å². The van der Waals surface area contributed by atoms with Gasteiger partial charge < -0.3 is 15.2 Å². The molecular weight excluding hydrogens is 210 g/mol. The van der Waals surface area contributed by atoms with Gasteiger partial charge >= 0.3 is 5.97 Å². The second-order valence-corrected chi connectivity index (χ2v) is 3.13. The van der Waals surface area contributed by atoms with Gasteiger partial charge in [-0.1, -0.05) is 6.92 Å². The number of carboxylic acids is 1. The maximum absolute atomic E-state index is 10.8. The summed E-state index contributed by atoms with van der Waals surface area (Å²) in [5, 5.41) is 11.8. The van der Waals surface area contributed by atoms with E-state index < -0.39 is 5.97 Å². The number of hydrogen-bond donors (Lipinski definition) is 2. The Hall–Kier alpha value is -1.69. The molecule has 16 heavy (non-hydrogen) atoms. The third-order valence-corrected chi connectivity index (χ3v) is 2.02. The van der Waals surface area contributed by atoms with Crippen LogP contribution in [0.3, 0.4) is 0 Å². The molecule has 0 saturated heterocycles. The molecule has 0 radical (unpaired) electrons. The fourth-order valence-corrected chi connectivity index (χ4v) is 1.22. The average molecular weight is 225 g/mol. The smallest absolute Gasteiger partial charge is 0.339 e. The van der Waals surface area contributed by atoms with Gasteiger partial charge in [-0.05, 0) is 6.42 Å². The summed E-state index contributed by atoms with van der Waals surface area (Å²) in [7, 11) is 1.60. The van der Waals surface area contributed by atoms with Crippen molar-refractivity contribution in [2.45, 2.75) is 13.3 Å². The Labute approximate surface area is 93.7 Å². The van der Waals surface area contributed by atoms with Gasteiger partial charge in [0.1, 0.15) is 0 Å². The number of nitrogens with one attached hydrogen (secondary N) is 1. The molecule has 88 valence electrons. The van der Waals surface area contributed by atoms with Gasteiger partial charge in [0.2, 0.25) is 5.95 Å². The summed E-state index contributed by atoms with van der Waals surface area (Å²) in [4.78, 5) is 18.9. The quantitative estimate of drug-likeness (QED) is 0.696. The van der Waals surface area contributed by atoms with Crippen LogP contribution in [-0.2, 0) is 11.2 Å². The van der Waals surface area contributed by atoms with Gasteiger partial charge in [-0.3, -0.25) is 0 Å². The summed E-state index contributed by atoms with van der Waals surface area (Å²) < 4.78 is 4.87. The van der Waals surface area contributed by atoms with Crippen LogP contribution in [0.15, 0.2) is 6.20 Å². The highest BCUT2D eigenvalue weighted by atomic mass is 16.5. The van der Waals surface area contributed by atoms with Gasteiger partial charge in [-0.25, -0.2) is 14.8 Å². The number of hydrogen-bond acceptors (Lipinski definition) is 5. The number of ether oxygens (including phenoxy) is 1. The molecule has 0 bridgehead atoms. The van der Waals surface area contributed by atoms with Gasteiger partial charge in [0.25, 0.3) is 0 Å². The summed E-state index contributed by atoms with van der Waals surface area (Å²) in [6.07, 6.45) is 1.88. The van der Waals surface area contributed by atoms with Gasteiger partial charge in [-0.2, -0.15) is 0 Å². The van der Waals surface area contributed by atoms with E-state index in [0.717, 1.165) is 0 Å². The molecule has 0 aliphatic heterocycles. The van der Waals surface area contributed by atoms with E-state index >= 15 is 0 Å². The van der Waals surface area contributed by atoms with Crippen LogP contribution in [0.4, 0.5) is 5.95 Å². The van der Waals surface area contributed by atoms with E-state index in [4.69, 9.17) is 9.84 Å². The van der Waals surface area contributed by atoms with E-state index in [2.05, 4.69) is 15.3 Å². The molecule has 6 nitrogen and oxygen atoms in total.